The number of halogens is 1. The molecule has 3 heterocycles. The van der Waals surface area contributed by atoms with Crippen LogP contribution in [0.2, 0.25) is 0 Å². The van der Waals surface area contributed by atoms with Crippen molar-refractivity contribution in [2.45, 2.75) is 18.5 Å². The topological polar surface area (TPSA) is 94.6 Å². The molecule has 3 aromatic rings. The van der Waals surface area contributed by atoms with Gasteiger partial charge in [-0.25, -0.2) is 4.39 Å². The molecule has 5 rings (SSSR count). The van der Waals surface area contributed by atoms with Gasteiger partial charge in [0, 0.05) is 37.5 Å². The molecule has 3 amide bonds. The summed E-state index contributed by atoms with van der Waals surface area (Å²) in [6, 6.07) is 14.1. The molecule has 0 radical (unpaired) electrons. The van der Waals surface area contributed by atoms with Gasteiger partial charge in [-0.2, -0.15) is 0 Å². The standard InChI is InChI=1S/C24H20FN5O3/c1-29-22(32)19-8-7-17(27-18-6-3-11-26-14-18)13-20(19)30-21(31)9-10-24(29,30)23(33)28-16-5-2-4-15(25)12-16/h2-8,11-14,27H,9-10H2,1H3,(H,28,33). The Balaban J connectivity index is 1.57. The van der Waals surface area contributed by atoms with Gasteiger partial charge in [-0.3, -0.25) is 24.3 Å². The zero-order valence-electron chi connectivity index (χ0n) is 17.7. The van der Waals surface area contributed by atoms with Crippen molar-refractivity contribution in [3.05, 3.63) is 78.4 Å². The third-order valence-corrected chi connectivity index (χ3v) is 6.03. The molecular weight excluding hydrogens is 425 g/mol. The third kappa shape index (κ3) is 3.29. The number of pyridine rings is 1. The Morgan fingerprint density at radius 1 is 1.06 bits per heavy atom. The van der Waals surface area contributed by atoms with Crippen LogP contribution in [-0.2, 0) is 9.59 Å². The number of hydrogen-bond donors (Lipinski definition) is 2. The second-order valence-electron chi connectivity index (χ2n) is 7.97. The molecule has 8 nitrogen and oxygen atoms in total. The van der Waals surface area contributed by atoms with E-state index in [1.165, 1.54) is 35.0 Å². The lowest BCUT2D eigenvalue weighted by molar-refractivity contribution is -0.128. The first-order valence-corrected chi connectivity index (χ1v) is 10.4. The highest BCUT2D eigenvalue weighted by molar-refractivity contribution is 6.18. The monoisotopic (exact) mass is 445 g/mol. The van der Waals surface area contributed by atoms with Crippen molar-refractivity contribution < 1.29 is 18.8 Å². The number of amides is 3. The molecule has 0 aliphatic carbocycles. The summed E-state index contributed by atoms with van der Waals surface area (Å²) in [5.41, 5.74) is 0.730. The number of carbonyl (C=O) groups is 3. The molecule has 166 valence electrons. The van der Waals surface area contributed by atoms with Gasteiger partial charge >= 0.3 is 0 Å². The average molecular weight is 445 g/mol. The molecule has 1 atom stereocenters. The van der Waals surface area contributed by atoms with E-state index in [2.05, 4.69) is 15.6 Å². The summed E-state index contributed by atoms with van der Waals surface area (Å²) in [5.74, 6) is -1.73. The molecule has 1 fully saturated rings. The highest BCUT2D eigenvalue weighted by atomic mass is 19.1. The Morgan fingerprint density at radius 2 is 1.88 bits per heavy atom. The Kier molecular flexibility index (Phi) is 4.81. The molecule has 1 unspecified atom stereocenters. The average Bonchev–Trinajstić information content (AvgIpc) is 3.17. The van der Waals surface area contributed by atoms with Crippen LogP contribution in [0.5, 0.6) is 0 Å². The second-order valence-corrected chi connectivity index (χ2v) is 7.97. The number of benzene rings is 2. The quantitative estimate of drug-likeness (QED) is 0.641. The van der Waals surface area contributed by atoms with Crippen LogP contribution in [0.3, 0.4) is 0 Å². The smallest absolute Gasteiger partial charge is 0.271 e. The summed E-state index contributed by atoms with van der Waals surface area (Å²) < 4.78 is 13.7. The van der Waals surface area contributed by atoms with Crippen molar-refractivity contribution >= 4 is 40.5 Å². The van der Waals surface area contributed by atoms with Gasteiger partial charge in [-0.05, 0) is 48.5 Å². The number of aromatic nitrogens is 1. The lowest BCUT2D eigenvalue weighted by Crippen LogP contribution is -2.68. The van der Waals surface area contributed by atoms with Gasteiger partial charge in [0.15, 0.2) is 0 Å². The van der Waals surface area contributed by atoms with Crippen LogP contribution in [0.1, 0.15) is 23.2 Å². The summed E-state index contributed by atoms with van der Waals surface area (Å²) >= 11 is 0. The van der Waals surface area contributed by atoms with Gasteiger partial charge in [0.05, 0.1) is 23.1 Å². The Morgan fingerprint density at radius 3 is 2.64 bits per heavy atom. The molecule has 0 bridgehead atoms. The van der Waals surface area contributed by atoms with E-state index in [1.54, 1.807) is 42.7 Å². The van der Waals surface area contributed by atoms with Gasteiger partial charge in [0.1, 0.15) is 5.82 Å². The minimum Gasteiger partial charge on any atom is -0.354 e. The van der Waals surface area contributed by atoms with Crippen LogP contribution >= 0.6 is 0 Å². The SMILES string of the molecule is CN1C(=O)c2ccc(Nc3cccnc3)cc2N2C(=O)CCC12C(=O)Nc1cccc(F)c1. The van der Waals surface area contributed by atoms with Crippen LogP contribution in [0.4, 0.5) is 27.1 Å². The molecule has 0 spiro atoms. The second kappa shape index (κ2) is 7.70. The number of anilines is 4. The first-order valence-electron chi connectivity index (χ1n) is 10.4. The van der Waals surface area contributed by atoms with E-state index >= 15 is 0 Å². The van der Waals surface area contributed by atoms with E-state index < -0.39 is 17.4 Å². The van der Waals surface area contributed by atoms with Crippen molar-refractivity contribution in [2.24, 2.45) is 0 Å². The van der Waals surface area contributed by atoms with Gasteiger partial charge in [0.2, 0.25) is 11.6 Å². The minimum absolute atomic E-state index is 0.0912. The largest absolute Gasteiger partial charge is 0.354 e. The number of hydrogen-bond acceptors (Lipinski definition) is 5. The van der Waals surface area contributed by atoms with Crippen molar-refractivity contribution in [3.8, 4) is 0 Å². The fourth-order valence-electron chi connectivity index (χ4n) is 4.45. The molecule has 2 aliphatic heterocycles. The van der Waals surface area contributed by atoms with Gasteiger partial charge in [-0.1, -0.05) is 6.07 Å². The maximum atomic E-state index is 13.7. The molecule has 9 heteroatoms. The van der Waals surface area contributed by atoms with Crippen LogP contribution in [-0.4, -0.2) is 40.3 Å². The first kappa shape index (κ1) is 20.6. The number of nitrogens with one attached hydrogen (secondary N) is 2. The highest BCUT2D eigenvalue weighted by Gasteiger charge is 2.59. The molecule has 2 aliphatic rings. The normalized spacial score (nSPS) is 19.2. The van der Waals surface area contributed by atoms with Crippen LogP contribution < -0.4 is 15.5 Å². The fraction of sp³-hybridized carbons (Fsp3) is 0.167. The molecule has 0 saturated carbocycles. The van der Waals surface area contributed by atoms with Crippen molar-refractivity contribution in [2.75, 3.05) is 22.6 Å². The van der Waals surface area contributed by atoms with Gasteiger partial charge < -0.3 is 15.5 Å². The minimum atomic E-state index is -1.56. The van der Waals surface area contributed by atoms with E-state index in [1.807, 2.05) is 6.07 Å². The predicted molar refractivity (Wildman–Crippen MR) is 121 cm³/mol. The van der Waals surface area contributed by atoms with Crippen molar-refractivity contribution in [3.63, 3.8) is 0 Å². The van der Waals surface area contributed by atoms with E-state index in [0.717, 1.165) is 5.69 Å². The van der Waals surface area contributed by atoms with E-state index in [9.17, 15) is 18.8 Å². The summed E-state index contributed by atoms with van der Waals surface area (Å²) in [6.45, 7) is 0. The van der Waals surface area contributed by atoms with Gasteiger partial charge in [0.25, 0.3) is 11.8 Å². The lowest BCUT2D eigenvalue weighted by atomic mass is 9.96. The number of rotatable bonds is 4. The summed E-state index contributed by atoms with van der Waals surface area (Å²) in [7, 11) is 1.50. The lowest BCUT2D eigenvalue weighted by Gasteiger charge is -2.47. The highest BCUT2D eigenvalue weighted by Crippen LogP contribution is 2.45. The zero-order chi connectivity index (χ0) is 23.2. The van der Waals surface area contributed by atoms with Crippen molar-refractivity contribution in [1.29, 1.82) is 0 Å². The fourth-order valence-corrected chi connectivity index (χ4v) is 4.45. The van der Waals surface area contributed by atoms with E-state index in [-0.39, 0.29) is 30.3 Å². The number of likely N-dealkylation sites (N-methyl/N-ethyl adjacent to an activating group) is 1. The first-order chi connectivity index (χ1) is 15.9. The van der Waals surface area contributed by atoms with E-state index in [0.29, 0.717) is 16.9 Å². The Bertz CT molecular complexity index is 1280. The molecule has 1 saturated heterocycles. The van der Waals surface area contributed by atoms with Gasteiger partial charge in [-0.15, -0.1) is 0 Å². The number of carbonyl (C=O) groups excluding carboxylic acids is 3. The van der Waals surface area contributed by atoms with Crippen LogP contribution in [0.25, 0.3) is 0 Å². The summed E-state index contributed by atoms with van der Waals surface area (Å²) in [5, 5.41) is 5.88. The Labute approximate surface area is 189 Å². The van der Waals surface area contributed by atoms with Crippen molar-refractivity contribution in [1.82, 2.24) is 9.88 Å². The molecular formula is C24H20FN5O3. The van der Waals surface area contributed by atoms with E-state index in [4.69, 9.17) is 0 Å². The predicted octanol–water partition coefficient (Wildman–Crippen LogP) is 3.51. The van der Waals surface area contributed by atoms with Crippen LogP contribution in [0.15, 0.2) is 67.0 Å². The summed E-state index contributed by atoms with van der Waals surface area (Å²) in [4.78, 5) is 46.6. The zero-order valence-corrected chi connectivity index (χ0v) is 17.7. The Hall–Kier alpha value is -4.27. The molecule has 2 N–H and O–H groups in total. The molecule has 33 heavy (non-hydrogen) atoms. The number of nitrogens with zero attached hydrogens (tertiary/aromatic N) is 3. The maximum Gasteiger partial charge on any atom is 0.271 e. The maximum absolute atomic E-state index is 13.7. The third-order valence-electron chi connectivity index (χ3n) is 6.03. The van der Waals surface area contributed by atoms with Crippen LogP contribution in [0, 0.1) is 5.82 Å². The number of fused-ring (bicyclic) bond motifs is 3. The molecule has 1 aromatic heterocycles. The summed E-state index contributed by atoms with van der Waals surface area (Å²) in [6.07, 6.45) is 3.51. The molecule has 2 aromatic carbocycles.